The molecule has 1 aromatic carbocycles. The molecule has 0 bridgehead atoms. The largest absolute Gasteiger partial charge is 0.479 e. The Morgan fingerprint density at radius 3 is 2.43 bits per heavy atom. The number of nitrogens with one attached hydrogen (secondary N) is 1. The maximum absolute atomic E-state index is 12.3. The number of hydrogen-bond donors (Lipinski definition) is 2. The fraction of sp³-hybridized carbons (Fsp3) is 0.267. The average molecular weight is 287 g/mol. The van der Waals surface area contributed by atoms with Gasteiger partial charge < -0.3 is 10.4 Å². The minimum atomic E-state index is -1.09. The highest BCUT2D eigenvalue weighted by atomic mass is 16.4. The van der Waals surface area contributed by atoms with Gasteiger partial charge >= 0.3 is 5.97 Å². The molecule has 6 heteroatoms. The molecular weight excluding hydrogens is 270 g/mol. The van der Waals surface area contributed by atoms with Gasteiger partial charge in [0.1, 0.15) is 0 Å². The van der Waals surface area contributed by atoms with Gasteiger partial charge in [-0.1, -0.05) is 30.3 Å². The topological polar surface area (TPSA) is 84.2 Å². The van der Waals surface area contributed by atoms with Crippen LogP contribution in [0.25, 0.3) is 0 Å². The standard InChI is InChI=1S/C15H17N3O3/c1-10(12-8-9-16-18(12)2)14(19)17-13(15(20)21)11-6-4-3-5-7-11/h3-10,13H,1-2H3,(H,17,19)(H,20,21)/t10?,13-/m1/s1. The molecule has 1 unspecified atom stereocenters. The first kappa shape index (κ1) is 14.8. The Labute approximate surface area is 122 Å². The van der Waals surface area contributed by atoms with Crippen molar-refractivity contribution in [3.05, 3.63) is 53.9 Å². The summed E-state index contributed by atoms with van der Waals surface area (Å²) in [4.78, 5) is 23.6. The SMILES string of the molecule is CC(C(=O)N[C@@H](C(=O)O)c1ccccc1)c1ccnn1C. The van der Waals surface area contributed by atoms with Gasteiger partial charge in [-0.3, -0.25) is 9.48 Å². The average Bonchev–Trinajstić information content (AvgIpc) is 2.90. The van der Waals surface area contributed by atoms with E-state index in [1.165, 1.54) is 0 Å². The number of aromatic nitrogens is 2. The van der Waals surface area contributed by atoms with Gasteiger partial charge in [0.05, 0.1) is 11.6 Å². The van der Waals surface area contributed by atoms with Crippen LogP contribution in [0.15, 0.2) is 42.6 Å². The molecule has 2 aromatic rings. The molecule has 0 aliphatic carbocycles. The van der Waals surface area contributed by atoms with E-state index in [9.17, 15) is 14.7 Å². The van der Waals surface area contributed by atoms with Crippen LogP contribution in [0.3, 0.4) is 0 Å². The zero-order chi connectivity index (χ0) is 15.4. The molecule has 6 nitrogen and oxygen atoms in total. The fourth-order valence-electron chi connectivity index (χ4n) is 2.14. The summed E-state index contributed by atoms with van der Waals surface area (Å²) < 4.78 is 1.60. The molecule has 2 rings (SSSR count). The first-order valence-corrected chi connectivity index (χ1v) is 6.56. The summed E-state index contributed by atoms with van der Waals surface area (Å²) in [6.07, 6.45) is 1.60. The van der Waals surface area contributed by atoms with Gasteiger partial charge in [0.2, 0.25) is 5.91 Å². The van der Waals surface area contributed by atoms with Crippen molar-refractivity contribution in [1.82, 2.24) is 15.1 Å². The Bertz CT molecular complexity index is 637. The molecule has 0 radical (unpaired) electrons. The zero-order valence-corrected chi connectivity index (χ0v) is 11.9. The Morgan fingerprint density at radius 2 is 1.90 bits per heavy atom. The molecule has 1 aromatic heterocycles. The molecule has 2 N–H and O–H groups in total. The Kier molecular flexibility index (Phi) is 4.37. The third-order valence-electron chi connectivity index (χ3n) is 3.36. The summed E-state index contributed by atoms with van der Waals surface area (Å²) in [7, 11) is 1.74. The van der Waals surface area contributed by atoms with Crippen LogP contribution in [0.2, 0.25) is 0 Å². The van der Waals surface area contributed by atoms with E-state index in [1.807, 2.05) is 0 Å². The minimum absolute atomic E-state index is 0.352. The second kappa shape index (κ2) is 6.21. The van der Waals surface area contributed by atoms with Crippen LogP contribution in [-0.4, -0.2) is 26.8 Å². The number of rotatable bonds is 5. The van der Waals surface area contributed by atoms with E-state index in [0.717, 1.165) is 5.69 Å². The highest BCUT2D eigenvalue weighted by Crippen LogP contribution is 2.18. The number of carboxylic acids is 1. The molecule has 0 saturated carbocycles. The minimum Gasteiger partial charge on any atom is -0.479 e. The van der Waals surface area contributed by atoms with E-state index in [1.54, 1.807) is 61.2 Å². The van der Waals surface area contributed by atoms with Gasteiger partial charge in [-0.05, 0) is 18.6 Å². The number of benzene rings is 1. The number of aryl methyl sites for hydroxylation is 1. The van der Waals surface area contributed by atoms with Crippen molar-refractivity contribution in [2.45, 2.75) is 18.9 Å². The maximum atomic E-state index is 12.3. The maximum Gasteiger partial charge on any atom is 0.330 e. The normalized spacial score (nSPS) is 13.4. The zero-order valence-electron chi connectivity index (χ0n) is 11.9. The van der Waals surface area contributed by atoms with E-state index in [-0.39, 0.29) is 5.91 Å². The third kappa shape index (κ3) is 3.28. The summed E-state index contributed by atoms with van der Waals surface area (Å²) in [6, 6.07) is 9.30. The molecule has 0 fully saturated rings. The van der Waals surface area contributed by atoms with E-state index >= 15 is 0 Å². The lowest BCUT2D eigenvalue weighted by Crippen LogP contribution is -2.36. The summed E-state index contributed by atoms with van der Waals surface area (Å²) in [6.45, 7) is 1.72. The van der Waals surface area contributed by atoms with Crippen LogP contribution in [0.5, 0.6) is 0 Å². The van der Waals surface area contributed by atoms with Crippen LogP contribution >= 0.6 is 0 Å². The summed E-state index contributed by atoms with van der Waals surface area (Å²) >= 11 is 0. The van der Waals surface area contributed by atoms with Crippen LogP contribution in [-0.2, 0) is 16.6 Å². The molecule has 110 valence electrons. The van der Waals surface area contributed by atoms with Gasteiger partial charge in [-0.15, -0.1) is 0 Å². The van der Waals surface area contributed by atoms with Gasteiger partial charge in [-0.2, -0.15) is 5.10 Å². The lowest BCUT2D eigenvalue weighted by atomic mass is 10.0. The van der Waals surface area contributed by atoms with Crippen molar-refractivity contribution in [2.75, 3.05) is 0 Å². The molecule has 2 atom stereocenters. The number of carboxylic acid groups (broad SMARTS) is 1. The molecular formula is C15H17N3O3. The van der Waals surface area contributed by atoms with Crippen molar-refractivity contribution in [1.29, 1.82) is 0 Å². The van der Waals surface area contributed by atoms with Crippen LogP contribution in [0, 0.1) is 0 Å². The lowest BCUT2D eigenvalue weighted by Gasteiger charge is -2.18. The van der Waals surface area contributed by atoms with E-state index in [4.69, 9.17) is 0 Å². The van der Waals surface area contributed by atoms with Crippen molar-refractivity contribution in [2.24, 2.45) is 7.05 Å². The van der Waals surface area contributed by atoms with Crippen molar-refractivity contribution in [3.8, 4) is 0 Å². The number of nitrogens with zero attached hydrogens (tertiary/aromatic N) is 2. The first-order valence-electron chi connectivity index (χ1n) is 6.56. The highest BCUT2D eigenvalue weighted by molar-refractivity contribution is 5.88. The van der Waals surface area contributed by atoms with Gasteiger partial charge in [0.25, 0.3) is 0 Å². The second-order valence-corrected chi connectivity index (χ2v) is 4.79. The van der Waals surface area contributed by atoms with Gasteiger partial charge in [0, 0.05) is 13.2 Å². The monoisotopic (exact) mass is 287 g/mol. The summed E-state index contributed by atoms with van der Waals surface area (Å²) in [5, 5.41) is 15.9. The lowest BCUT2D eigenvalue weighted by molar-refractivity contribution is -0.142. The Morgan fingerprint density at radius 1 is 1.24 bits per heavy atom. The predicted molar refractivity (Wildman–Crippen MR) is 76.6 cm³/mol. The Hall–Kier alpha value is -2.63. The predicted octanol–water partition coefficient (Wildman–Crippen LogP) is 1.47. The molecule has 21 heavy (non-hydrogen) atoms. The smallest absolute Gasteiger partial charge is 0.330 e. The van der Waals surface area contributed by atoms with Crippen molar-refractivity contribution < 1.29 is 14.7 Å². The number of amides is 1. The van der Waals surface area contributed by atoms with E-state index in [0.29, 0.717) is 5.56 Å². The van der Waals surface area contributed by atoms with Crippen LogP contribution in [0.4, 0.5) is 0 Å². The second-order valence-electron chi connectivity index (χ2n) is 4.79. The fourth-order valence-corrected chi connectivity index (χ4v) is 2.14. The highest BCUT2D eigenvalue weighted by Gasteiger charge is 2.26. The molecule has 1 amide bonds. The molecule has 0 aliphatic rings. The van der Waals surface area contributed by atoms with Gasteiger partial charge in [-0.25, -0.2) is 4.79 Å². The summed E-state index contributed by atoms with van der Waals surface area (Å²) in [5.41, 5.74) is 1.26. The number of carbonyl (C=O) groups is 2. The molecule has 0 spiro atoms. The van der Waals surface area contributed by atoms with Gasteiger partial charge in [0.15, 0.2) is 6.04 Å². The molecule has 1 heterocycles. The molecule has 0 saturated heterocycles. The molecule has 0 aliphatic heterocycles. The van der Waals surface area contributed by atoms with Crippen molar-refractivity contribution >= 4 is 11.9 Å². The number of aliphatic carboxylic acids is 1. The van der Waals surface area contributed by atoms with Crippen LogP contribution < -0.4 is 5.32 Å². The van der Waals surface area contributed by atoms with Crippen molar-refractivity contribution in [3.63, 3.8) is 0 Å². The summed E-state index contributed by atoms with van der Waals surface area (Å²) in [5.74, 6) is -1.93. The third-order valence-corrected chi connectivity index (χ3v) is 3.36. The van der Waals surface area contributed by atoms with E-state index < -0.39 is 17.9 Å². The van der Waals surface area contributed by atoms with Crippen LogP contribution in [0.1, 0.15) is 30.1 Å². The first-order chi connectivity index (χ1) is 10.0. The number of carbonyl (C=O) groups excluding carboxylic acids is 1. The Balaban J connectivity index is 2.16. The quantitative estimate of drug-likeness (QED) is 0.872. The van der Waals surface area contributed by atoms with E-state index in [2.05, 4.69) is 10.4 Å². The number of hydrogen-bond acceptors (Lipinski definition) is 3.